The Morgan fingerprint density at radius 2 is 1.82 bits per heavy atom. The first-order valence-electron chi connectivity index (χ1n) is 9.89. The van der Waals surface area contributed by atoms with E-state index in [0.29, 0.717) is 19.4 Å². The van der Waals surface area contributed by atoms with Crippen LogP contribution in [0.1, 0.15) is 61.8 Å². The molecule has 2 rings (SSSR count). The number of nitrogens with one attached hydrogen (secondary N) is 1. The molecule has 1 aromatic carbocycles. The van der Waals surface area contributed by atoms with E-state index in [4.69, 9.17) is 9.47 Å². The van der Waals surface area contributed by atoms with Gasteiger partial charge in [-0.3, -0.25) is 4.79 Å². The second kappa shape index (κ2) is 9.75. The molecule has 1 aliphatic carbocycles. The van der Waals surface area contributed by atoms with E-state index in [2.05, 4.69) is 17.2 Å². The molecule has 0 bridgehead atoms. The third kappa shape index (κ3) is 5.14. The number of benzene rings is 1. The van der Waals surface area contributed by atoms with Gasteiger partial charge in [0.25, 0.3) is 0 Å². The molecule has 5 heteroatoms. The van der Waals surface area contributed by atoms with Gasteiger partial charge in [-0.25, -0.2) is 4.79 Å². The van der Waals surface area contributed by atoms with E-state index in [-0.39, 0.29) is 24.4 Å². The molecule has 0 aromatic heterocycles. The number of methoxy groups -OCH3 is 1. The predicted octanol–water partition coefficient (Wildman–Crippen LogP) is 3.22. The number of amides is 1. The first-order valence-corrected chi connectivity index (χ1v) is 9.89. The van der Waals surface area contributed by atoms with Gasteiger partial charge >= 0.3 is 5.97 Å². The molecule has 0 spiro atoms. The highest BCUT2D eigenvalue weighted by Gasteiger charge is 2.44. The Morgan fingerprint density at radius 3 is 2.32 bits per heavy atom. The third-order valence-electron chi connectivity index (χ3n) is 5.45. The summed E-state index contributed by atoms with van der Waals surface area (Å²) in [5.41, 5.74) is 3.01. The number of ether oxygens (including phenoxy) is 2. The van der Waals surface area contributed by atoms with E-state index >= 15 is 0 Å². The summed E-state index contributed by atoms with van der Waals surface area (Å²) < 4.78 is 10.7. The van der Waals surface area contributed by atoms with Crippen LogP contribution in [0.25, 0.3) is 0 Å². The largest absolute Gasteiger partial charge is 0.467 e. The lowest BCUT2D eigenvalue weighted by atomic mass is 9.80. The van der Waals surface area contributed by atoms with Gasteiger partial charge in [-0.05, 0) is 82.2 Å². The van der Waals surface area contributed by atoms with Gasteiger partial charge in [0.15, 0.2) is 0 Å². The van der Waals surface area contributed by atoms with E-state index in [1.54, 1.807) is 6.92 Å². The van der Waals surface area contributed by atoms with Crippen LogP contribution < -0.4 is 5.32 Å². The van der Waals surface area contributed by atoms with Crippen LogP contribution >= 0.6 is 0 Å². The molecule has 0 atom stereocenters. The Balaban J connectivity index is 2.15. The highest BCUT2D eigenvalue weighted by molar-refractivity contribution is 5.89. The lowest BCUT2D eigenvalue weighted by Gasteiger charge is -2.38. The average Bonchev–Trinajstić information content (AvgIpc) is 2.66. The Hall–Kier alpha value is -2.32. The molecule has 1 saturated carbocycles. The Kier molecular flexibility index (Phi) is 7.65. The maximum absolute atomic E-state index is 12.9. The first kappa shape index (κ1) is 22.0. The number of aryl methyl sites for hydroxylation is 2. The van der Waals surface area contributed by atoms with Crippen molar-refractivity contribution in [1.29, 1.82) is 0 Å². The molecule has 1 aliphatic rings. The molecule has 1 fully saturated rings. The smallest absolute Gasteiger partial charge is 0.331 e. The molecule has 0 saturated heterocycles. The summed E-state index contributed by atoms with van der Waals surface area (Å²) in [7, 11) is 1.37. The zero-order valence-corrected chi connectivity index (χ0v) is 17.6. The second-order valence-electron chi connectivity index (χ2n) is 7.42. The number of hydrogen-bond donors (Lipinski definition) is 1. The molecule has 0 aliphatic heterocycles. The number of hydrogen-bond acceptors (Lipinski definition) is 4. The molecular weight excluding hydrogens is 354 g/mol. The molecule has 1 aromatic rings. The summed E-state index contributed by atoms with van der Waals surface area (Å²) in [5, 5.41) is 2.99. The summed E-state index contributed by atoms with van der Waals surface area (Å²) in [6, 6.07) is 3.99. The molecular formula is C23H31NO4. The zero-order chi connectivity index (χ0) is 20.7. The Labute approximate surface area is 168 Å². The van der Waals surface area contributed by atoms with Crippen molar-refractivity contribution >= 4 is 11.9 Å². The quantitative estimate of drug-likeness (QED) is 0.603. The summed E-state index contributed by atoms with van der Waals surface area (Å²) >= 11 is 0. The average molecular weight is 386 g/mol. The summed E-state index contributed by atoms with van der Waals surface area (Å²) in [6.07, 6.45) is 2.87. The standard InChI is InChI=1S/C23H31NO4/c1-6-8-18-13-16(3)20(17(4)14-18)15-21(25)24-23(22(26)27-5)11-9-19(10-12-23)28-7-2/h13-14,19H,7,9-12,15H2,1-5H3,(H,24,25)/t19-,23+. The second-order valence-corrected chi connectivity index (χ2v) is 7.42. The fourth-order valence-corrected chi connectivity index (χ4v) is 4.02. The Morgan fingerprint density at radius 1 is 1.21 bits per heavy atom. The van der Waals surface area contributed by atoms with Gasteiger partial charge in [-0.2, -0.15) is 0 Å². The van der Waals surface area contributed by atoms with Crippen molar-refractivity contribution in [1.82, 2.24) is 5.32 Å². The molecule has 1 N–H and O–H groups in total. The van der Waals surface area contributed by atoms with Gasteiger partial charge in [0.05, 0.1) is 19.6 Å². The van der Waals surface area contributed by atoms with Crippen LogP contribution in [0, 0.1) is 25.7 Å². The monoisotopic (exact) mass is 385 g/mol. The van der Waals surface area contributed by atoms with Gasteiger partial charge < -0.3 is 14.8 Å². The highest BCUT2D eigenvalue weighted by atomic mass is 16.5. The minimum atomic E-state index is -0.963. The van der Waals surface area contributed by atoms with E-state index in [1.165, 1.54) is 7.11 Å². The Bertz CT molecular complexity index is 757. The van der Waals surface area contributed by atoms with Gasteiger partial charge in [0, 0.05) is 12.2 Å². The minimum absolute atomic E-state index is 0.136. The maximum atomic E-state index is 12.9. The van der Waals surface area contributed by atoms with Crippen molar-refractivity contribution in [2.24, 2.45) is 0 Å². The molecule has 28 heavy (non-hydrogen) atoms. The summed E-state index contributed by atoms with van der Waals surface area (Å²) in [6.45, 7) is 8.39. The molecule has 152 valence electrons. The minimum Gasteiger partial charge on any atom is -0.467 e. The van der Waals surface area contributed by atoms with E-state index in [0.717, 1.165) is 35.1 Å². The van der Waals surface area contributed by atoms with E-state index in [1.807, 2.05) is 32.9 Å². The highest BCUT2D eigenvalue weighted by Crippen LogP contribution is 2.31. The molecule has 0 radical (unpaired) electrons. The van der Waals surface area contributed by atoms with Gasteiger partial charge in [-0.15, -0.1) is 5.92 Å². The van der Waals surface area contributed by atoms with Gasteiger partial charge in [0.1, 0.15) is 5.54 Å². The molecule has 0 unspecified atom stereocenters. The van der Waals surface area contributed by atoms with Crippen molar-refractivity contribution in [2.45, 2.75) is 71.4 Å². The van der Waals surface area contributed by atoms with Crippen molar-refractivity contribution in [3.8, 4) is 11.8 Å². The molecule has 0 heterocycles. The van der Waals surface area contributed by atoms with Crippen LogP contribution in [-0.2, 0) is 25.5 Å². The van der Waals surface area contributed by atoms with E-state index < -0.39 is 5.54 Å². The van der Waals surface area contributed by atoms with Crippen molar-refractivity contribution in [3.05, 3.63) is 34.4 Å². The third-order valence-corrected chi connectivity index (χ3v) is 5.45. The van der Waals surface area contributed by atoms with Crippen molar-refractivity contribution in [3.63, 3.8) is 0 Å². The maximum Gasteiger partial charge on any atom is 0.331 e. The first-order chi connectivity index (χ1) is 13.3. The lowest BCUT2D eigenvalue weighted by Crippen LogP contribution is -2.57. The fraction of sp³-hybridized carbons (Fsp3) is 0.565. The SMILES string of the molecule is CC#Cc1cc(C)c(CC(=O)N[C@]2(C(=O)OC)CC[C@H](OCC)CC2)c(C)c1. The van der Waals surface area contributed by atoms with Gasteiger partial charge in [0.2, 0.25) is 5.91 Å². The zero-order valence-electron chi connectivity index (χ0n) is 17.6. The van der Waals surface area contributed by atoms with Crippen LogP contribution in [0.15, 0.2) is 12.1 Å². The number of esters is 1. The normalized spacial score (nSPS) is 21.4. The van der Waals surface area contributed by atoms with Crippen LogP contribution in [0.2, 0.25) is 0 Å². The van der Waals surface area contributed by atoms with Crippen LogP contribution in [0.3, 0.4) is 0 Å². The van der Waals surface area contributed by atoms with Crippen molar-refractivity contribution in [2.75, 3.05) is 13.7 Å². The van der Waals surface area contributed by atoms with Crippen molar-refractivity contribution < 1.29 is 19.1 Å². The number of carbonyl (C=O) groups excluding carboxylic acids is 2. The van der Waals surface area contributed by atoms with Crippen LogP contribution in [0.4, 0.5) is 0 Å². The summed E-state index contributed by atoms with van der Waals surface area (Å²) in [5.74, 6) is 5.41. The predicted molar refractivity (Wildman–Crippen MR) is 109 cm³/mol. The topological polar surface area (TPSA) is 64.6 Å². The lowest BCUT2D eigenvalue weighted by molar-refractivity contribution is -0.154. The van der Waals surface area contributed by atoms with Gasteiger partial charge in [-0.1, -0.05) is 5.92 Å². The molecule has 1 amide bonds. The van der Waals surface area contributed by atoms with Crippen LogP contribution in [-0.4, -0.2) is 37.2 Å². The number of carbonyl (C=O) groups is 2. The molecule has 5 nitrogen and oxygen atoms in total. The number of rotatable bonds is 6. The fourth-order valence-electron chi connectivity index (χ4n) is 4.02. The van der Waals surface area contributed by atoms with Crippen LogP contribution in [0.5, 0.6) is 0 Å². The van der Waals surface area contributed by atoms with E-state index in [9.17, 15) is 9.59 Å². The summed E-state index contributed by atoms with van der Waals surface area (Å²) in [4.78, 5) is 25.3.